The van der Waals surface area contributed by atoms with Gasteiger partial charge in [-0.2, -0.15) is 4.39 Å². The fourth-order valence-corrected chi connectivity index (χ4v) is 0.823. The highest BCUT2D eigenvalue weighted by Crippen LogP contribution is 2.22. The van der Waals surface area contributed by atoms with Crippen LogP contribution in [-0.2, 0) is 6.67 Å². The Bertz CT molecular complexity index is 354. The first-order valence-electron chi connectivity index (χ1n) is 3.25. The van der Waals surface area contributed by atoms with Crippen molar-refractivity contribution in [3.63, 3.8) is 0 Å². The number of hydrogen-bond acceptors (Lipinski definition) is 2. The number of alkyl halides is 1. The maximum Gasteiger partial charge on any atom is 0.307 e. The van der Waals surface area contributed by atoms with Gasteiger partial charge in [0.05, 0.1) is 4.92 Å². The van der Waals surface area contributed by atoms with E-state index in [4.69, 9.17) is 0 Å². The maximum absolute atomic E-state index is 12.7. The maximum atomic E-state index is 12.7. The second kappa shape index (κ2) is 3.42. The Morgan fingerprint density at radius 2 is 1.92 bits per heavy atom. The Hall–Kier alpha value is -1.59. The van der Waals surface area contributed by atoms with Gasteiger partial charge in [0.25, 0.3) is 0 Å². The fraction of sp³-hybridized carbons (Fsp3) is 0.143. The second-order valence-electron chi connectivity index (χ2n) is 2.26. The molecule has 0 unspecified atom stereocenters. The molecule has 0 aliphatic rings. The fourth-order valence-electron chi connectivity index (χ4n) is 0.823. The van der Waals surface area contributed by atoms with E-state index < -0.39 is 34.5 Å². The highest BCUT2D eigenvalue weighted by Gasteiger charge is 2.20. The van der Waals surface area contributed by atoms with Gasteiger partial charge in [-0.25, -0.2) is 8.78 Å². The van der Waals surface area contributed by atoms with Gasteiger partial charge < -0.3 is 0 Å². The molecule has 0 saturated heterocycles. The van der Waals surface area contributed by atoms with E-state index in [0.29, 0.717) is 0 Å². The lowest BCUT2D eigenvalue weighted by molar-refractivity contribution is -0.387. The standard InChI is InChI=1S/C7H4F3NO2/c8-3-4-1-2-5(11(12)13)7(10)6(4)9/h1-2H,3H2. The van der Waals surface area contributed by atoms with Gasteiger partial charge in [0.1, 0.15) is 6.67 Å². The molecule has 0 spiro atoms. The average Bonchev–Trinajstić information content (AvgIpc) is 2.09. The highest BCUT2D eigenvalue weighted by atomic mass is 19.2. The molecule has 3 nitrogen and oxygen atoms in total. The van der Waals surface area contributed by atoms with Crippen LogP contribution in [0.3, 0.4) is 0 Å². The van der Waals surface area contributed by atoms with Crippen molar-refractivity contribution < 1.29 is 18.1 Å². The van der Waals surface area contributed by atoms with Gasteiger partial charge in [-0.1, -0.05) is 0 Å². The first-order valence-corrected chi connectivity index (χ1v) is 3.25. The van der Waals surface area contributed by atoms with Crippen LogP contribution in [0.25, 0.3) is 0 Å². The summed E-state index contributed by atoms with van der Waals surface area (Å²) in [7, 11) is 0. The molecule has 0 heterocycles. The highest BCUT2D eigenvalue weighted by molar-refractivity contribution is 5.36. The summed E-state index contributed by atoms with van der Waals surface area (Å²) in [6.45, 7) is -1.19. The number of benzene rings is 1. The van der Waals surface area contributed by atoms with Crippen LogP contribution in [0.5, 0.6) is 0 Å². The zero-order chi connectivity index (χ0) is 10.0. The summed E-state index contributed by atoms with van der Waals surface area (Å²) in [5, 5.41) is 10.1. The SMILES string of the molecule is O=[N+]([O-])c1ccc(CF)c(F)c1F. The number of hydrogen-bond donors (Lipinski definition) is 0. The number of halogens is 3. The second-order valence-corrected chi connectivity index (χ2v) is 2.26. The smallest absolute Gasteiger partial charge is 0.258 e. The lowest BCUT2D eigenvalue weighted by Crippen LogP contribution is -1.98. The number of rotatable bonds is 2. The summed E-state index contributed by atoms with van der Waals surface area (Å²) in [5.74, 6) is -3.13. The van der Waals surface area contributed by atoms with Crippen molar-refractivity contribution in [2.24, 2.45) is 0 Å². The zero-order valence-corrected chi connectivity index (χ0v) is 6.26. The summed E-state index contributed by atoms with van der Waals surface area (Å²) >= 11 is 0. The van der Waals surface area contributed by atoms with Crippen LogP contribution in [0.4, 0.5) is 18.9 Å². The molecule has 0 fully saturated rings. The van der Waals surface area contributed by atoms with Gasteiger partial charge in [0.15, 0.2) is 5.82 Å². The quantitative estimate of drug-likeness (QED) is 0.531. The van der Waals surface area contributed by atoms with Crippen molar-refractivity contribution in [3.8, 4) is 0 Å². The molecule has 0 atom stereocenters. The molecule has 0 saturated carbocycles. The summed E-state index contributed by atoms with van der Waals surface area (Å²) in [4.78, 5) is 9.01. The summed E-state index contributed by atoms with van der Waals surface area (Å²) < 4.78 is 37.3. The molecule has 0 aromatic heterocycles. The Balaban J connectivity index is 3.31. The van der Waals surface area contributed by atoms with Crippen molar-refractivity contribution in [1.82, 2.24) is 0 Å². The van der Waals surface area contributed by atoms with E-state index in [2.05, 4.69) is 0 Å². The summed E-state index contributed by atoms with van der Waals surface area (Å²) in [5.41, 5.74) is -1.52. The van der Waals surface area contributed by atoms with Crippen molar-refractivity contribution in [2.75, 3.05) is 0 Å². The topological polar surface area (TPSA) is 43.1 Å². The Labute approximate surface area is 70.9 Å². The molecule has 1 aromatic rings. The van der Waals surface area contributed by atoms with E-state index in [1.54, 1.807) is 0 Å². The van der Waals surface area contributed by atoms with Crippen LogP contribution >= 0.6 is 0 Å². The van der Waals surface area contributed by atoms with Crippen LogP contribution < -0.4 is 0 Å². The molecule has 0 bridgehead atoms. The van der Waals surface area contributed by atoms with Crippen LogP contribution in [0, 0.1) is 21.7 Å². The van der Waals surface area contributed by atoms with E-state index in [0.717, 1.165) is 12.1 Å². The molecule has 6 heteroatoms. The predicted molar refractivity (Wildman–Crippen MR) is 37.8 cm³/mol. The monoisotopic (exact) mass is 191 g/mol. The number of nitrogens with zero attached hydrogens (tertiary/aromatic N) is 1. The van der Waals surface area contributed by atoms with Gasteiger partial charge >= 0.3 is 5.69 Å². The number of nitro groups is 1. The molecule has 0 aliphatic carbocycles. The molecule has 1 aromatic carbocycles. The molecule has 70 valence electrons. The largest absolute Gasteiger partial charge is 0.307 e. The van der Waals surface area contributed by atoms with E-state index in [1.807, 2.05) is 0 Å². The molecular formula is C7H4F3NO2. The Kier molecular flexibility index (Phi) is 2.50. The predicted octanol–water partition coefficient (Wildman–Crippen LogP) is 2.34. The number of nitro benzene ring substituents is 1. The van der Waals surface area contributed by atoms with Crippen molar-refractivity contribution in [3.05, 3.63) is 39.4 Å². The minimum absolute atomic E-state index is 0.525. The van der Waals surface area contributed by atoms with Crippen molar-refractivity contribution in [2.45, 2.75) is 6.67 Å². The third-order valence-corrected chi connectivity index (χ3v) is 1.48. The average molecular weight is 191 g/mol. The minimum Gasteiger partial charge on any atom is -0.258 e. The lowest BCUT2D eigenvalue weighted by atomic mass is 10.2. The van der Waals surface area contributed by atoms with Gasteiger partial charge in [-0.05, 0) is 6.07 Å². The van der Waals surface area contributed by atoms with Gasteiger partial charge in [0, 0.05) is 11.6 Å². The van der Waals surface area contributed by atoms with E-state index in [9.17, 15) is 23.3 Å². The van der Waals surface area contributed by atoms with Gasteiger partial charge in [-0.15, -0.1) is 0 Å². The first kappa shape index (κ1) is 9.50. The normalized spacial score (nSPS) is 10.1. The Morgan fingerprint density at radius 3 is 2.38 bits per heavy atom. The molecule has 1 rings (SSSR count). The van der Waals surface area contributed by atoms with E-state index in [-0.39, 0.29) is 0 Å². The molecule has 0 aliphatic heterocycles. The zero-order valence-electron chi connectivity index (χ0n) is 6.26. The third-order valence-electron chi connectivity index (χ3n) is 1.48. The molecule has 0 amide bonds. The lowest BCUT2D eigenvalue weighted by Gasteiger charge is -1.98. The van der Waals surface area contributed by atoms with Crippen LogP contribution in [0.2, 0.25) is 0 Å². The minimum atomic E-state index is -1.62. The summed E-state index contributed by atoms with van der Waals surface area (Å²) in [6, 6.07) is 1.57. The summed E-state index contributed by atoms with van der Waals surface area (Å²) in [6.07, 6.45) is 0. The van der Waals surface area contributed by atoms with Gasteiger partial charge in [-0.3, -0.25) is 10.1 Å². The van der Waals surface area contributed by atoms with Gasteiger partial charge in [0.2, 0.25) is 5.82 Å². The first-order chi connectivity index (χ1) is 6.07. The van der Waals surface area contributed by atoms with Crippen molar-refractivity contribution in [1.29, 1.82) is 0 Å². The molecule has 0 radical (unpaired) electrons. The van der Waals surface area contributed by atoms with Crippen LogP contribution in [0.1, 0.15) is 5.56 Å². The molecule has 0 N–H and O–H groups in total. The van der Waals surface area contributed by atoms with Crippen LogP contribution in [-0.4, -0.2) is 4.92 Å². The van der Waals surface area contributed by atoms with E-state index in [1.165, 1.54) is 0 Å². The Morgan fingerprint density at radius 1 is 1.31 bits per heavy atom. The molecular weight excluding hydrogens is 187 g/mol. The van der Waals surface area contributed by atoms with Crippen LogP contribution in [0.15, 0.2) is 12.1 Å². The third kappa shape index (κ3) is 1.61. The van der Waals surface area contributed by atoms with E-state index >= 15 is 0 Å². The molecule has 13 heavy (non-hydrogen) atoms. The van der Waals surface area contributed by atoms with Crippen molar-refractivity contribution >= 4 is 5.69 Å².